The van der Waals surface area contributed by atoms with Crippen molar-refractivity contribution in [3.63, 3.8) is 0 Å². The number of aliphatic hydroxyl groups is 1. The van der Waals surface area contributed by atoms with Gasteiger partial charge >= 0.3 is 0 Å². The zero-order valence-corrected chi connectivity index (χ0v) is 13.7. The van der Waals surface area contributed by atoms with Crippen LogP contribution >= 0.6 is 11.3 Å². The van der Waals surface area contributed by atoms with E-state index in [0.717, 1.165) is 26.1 Å². The van der Waals surface area contributed by atoms with E-state index in [-0.39, 0.29) is 6.10 Å². The van der Waals surface area contributed by atoms with E-state index in [4.69, 9.17) is 0 Å². The monoisotopic (exact) mass is 303 g/mol. The topological polar surface area (TPSA) is 23.5 Å². The van der Waals surface area contributed by atoms with Gasteiger partial charge < -0.3 is 5.11 Å². The average Bonchev–Trinajstić information content (AvgIpc) is 2.91. The molecule has 0 saturated heterocycles. The summed E-state index contributed by atoms with van der Waals surface area (Å²) in [6.45, 7) is 7.12. The van der Waals surface area contributed by atoms with Crippen molar-refractivity contribution in [2.24, 2.45) is 5.92 Å². The largest absolute Gasteiger partial charge is 0.391 e. The summed E-state index contributed by atoms with van der Waals surface area (Å²) in [5, 5.41) is 14.7. The van der Waals surface area contributed by atoms with Crippen LogP contribution in [0.1, 0.15) is 25.0 Å². The second-order valence-corrected chi connectivity index (χ2v) is 6.84. The summed E-state index contributed by atoms with van der Waals surface area (Å²) in [5.74, 6) is 0.604. The Kier molecular flexibility index (Phi) is 6.43. The quantitative estimate of drug-likeness (QED) is 0.801. The highest BCUT2D eigenvalue weighted by atomic mass is 32.1. The third-order valence-electron chi connectivity index (χ3n) is 3.39. The maximum absolute atomic E-state index is 10.4. The van der Waals surface area contributed by atoms with E-state index >= 15 is 0 Å². The van der Waals surface area contributed by atoms with Crippen LogP contribution in [-0.4, -0.2) is 29.2 Å². The minimum atomic E-state index is -0.315. The molecule has 0 aliphatic heterocycles. The lowest BCUT2D eigenvalue weighted by molar-refractivity contribution is 0.102. The third kappa shape index (κ3) is 6.00. The van der Waals surface area contributed by atoms with Crippen LogP contribution in [0.3, 0.4) is 0 Å². The lowest BCUT2D eigenvalue weighted by Crippen LogP contribution is -2.35. The van der Waals surface area contributed by atoms with Gasteiger partial charge in [-0.05, 0) is 40.3 Å². The van der Waals surface area contributed by atoms with Gasteiger partial charge in [0.1, 0.15) is 0 Å². The Morgan fingerprint density at radius 1 is 1.05 bits per heavy atom. The minimum Gasteiger partial charge on any atom is -0.391 e. The highest BCUT2D eigenvalue weighted by molar-refractivity contribution is 7.07. The molecule has 1 N–H and O–H groups in total. The van der Waals surface area contributed by atoms with E-state index < -0.39 is 0 Å². The molecule has 2 nitrogen and oxygen atoms in total. The summed E-state index contributed by atoms with van der Waals surface area (Å²) in [6, 6.07) is 12.4. The average molecular weight is 303 g/mol. The van der Waals surface area contributed by atoms with Crippen LogP contribution in [-0.2, 0) is 13.0 Å². The van der Waals surface area contributed by atoms with Crippen LogP contribution in [0.25, 0.3) is 0 Å². The second-order valence-electron chi connectivity index (χ2n) is 6.06. The SMILES string of the molecule is CC(C)CN(Cc1ccsc1)CC(O)Cc1ccccc1. The van der Waals surface area contributed by atoms with E-state index in [0.29, 0.717) is 5.92 Å². The Morgan fingerprint density at radius 3 is 2.43 bits per heavy atom. The highest BCUT2D eigenvalue weighted by Crippen LogP contribution is 2.13. The van der Waals surface area contributed by atoms with Gasteiger partial charge in [-0.25, -0.2) is 0 Å². The zero-order chi connectivity index (χ0) is 15.1. The predicted octanol–water partition coefficient (Wildman–Crippen LogP) is 3.81. The molecule has 1 aromatic heterocycles. The number of benzene rings is 1. The molecule has 0 bridgehead atoms. The second kappa shape index (κ2) is 8.32. The molecule has 0 radical (unpaired) electrons. The predicted molar refractivity (Wildman–Crippen MR) is 90.6 cm³/mol. The fourth-order valence-corrected chi connectivity index (χ4v) is 3.27. The van der Waals surface area contributed by atoms with Crippen molar-refractivity contribution < 1.29 is 5.11 Å². The van der Waals surface area contributed by atoms with Crippen LogP contribution in [0.2, 0.25) is 0 Å². The molecule has 2 aromatic rings. The number of nitrogens with zero attached hydrogens (tertiary/aromatic N) is 1. The van der Waals surface area contributed by atoms with E-state index in [1.54, 1.807) is 11.3 Å². The van der Waals surface area contributed by atoms with Gasteiger partial charge in [-0.1, -0.05) is 44.2 Å². The van der Waals surface area contributed by atoms with Crippen LogP contribution in [0.5, 0.6) is 0 Å². The normalized spacial score (nSPS) is 13.0. The Balaban J connectivity index is 1.90. The van der Waals surface area contributed by atoms with Crippen molar-refractivity contribution in [3.8, 4) is 0 Å². The van der Waals surface area contributed by atoms with Crippen LogP contribution in [0.15, 0.2) is 47.2 Å². The van der Waals surface area contributed by atoms with Crippen molar-refractivity contribution in [2.45, 2.75) is 32.9 Å². The van der Waals surface area contributed by atoms with Crippen molar-refractivity contribution >= 4 is 11.3 Å². The molecular formula is C18H25NOS. The van der Waals surface area contributed by atoms with E-state index in [1.165, 1.54) is 11.1 Å². The fraction of sp³-hybridized carbons (Fsp3) is 0.444. The Bertz CT molecular complexity index is 495. The van der Waals surface area contributed by atoms with Crippen molar-refractivity contribution in [3.05, 3.63) is 58.3 Å². The lowest BCUT2D eigenvalue weighted by atomic mass is 10.1. The zero-order valence-electron chi connectivity index (χ0n) is 12.9. The van der Waals surface area contributed by atoms with Crippen molar-refractivity contribution in [2.75, 3.05) is 13.1 Å². The summed E-state index contributed by atoms with van der Waals surface area (Å²) in [5.41, 5.74) is 2.54. The first kappa shape index (κ1) is 16.2. The molecule has 114 valence electrons. The molecule has 0 amide bonds. The van der Waals surface area contributed by atoms with Crippen LogP contribution < -0.4 is 0 Å². The first-order valence-electron chi connectivity index (χ1n) is 7.59. The molecule has 1 heterocycles. The van der Waals surface area contributed by atoms with Gasteiger partial charge in [0.05, 0.1) is 6.10 Å². The molecule has 0 spiro atoms. The number of hydrogen-bond acceptors (Lipinski definition) is 3. The van der Waals surface area contributed by atoms with Crippen molar-refractivity contribution in [1.29, 1.82) is 0 Å². The van der Waals surface area contributed by atoms with E-state index in [1.807, 2.05) is 18.2 Å². The third-order valence-corrected chi connectivity index (χ3v) is 4.12. The molecule has 1 unspecified atom stereocenters. The summed E-state index contributed by atoms with van der Waals surface area (Å²) in [4.78, 5) is 2.36. The Hall–Kier alpha value is -1.16. The molecular weight excluding hydrogens is 278 g/mol. The first-order valence-corrected chi connectivity index (χ1v) is 8.53. The summed E-state index contributed by atoms with van der Waals surface area (Å²) >= 11 is 1.73. The number of thiophene rings is 1. The van der Waals surface area contributed by atoms with Gasteiger partial charge in [-0.3, -0.25) is 4.90 Å². The maximum Gasteiger partial charge on any atom is 0.0707 e. The minimum absolute atomic E-state index is 0.315. The molecule has 21 heavy (non-hydrogen) atoms. The Labute approximate surface area is 132 Å². The molecule has 0 saturated carbocycles. The van der Waals surface area contributed by atoms with Gasteiger partial charge in [-0.15, -0.1) is 0 Å². The molecule has 3 heteroatoms. The number of aliphatic hydroxyl groups excluding tert-OH is 1. The smallest absolute Gasteiger partial charge is 0.0707 e. The summed E-state index contributed by atoms with van der Waals surface area (Å²) in [7, 11) is 0. The van der Waals surface area contributed by atoms with Gasteiger partial charge in [0.2, 0.25) is 0 Å². The molecule has 0 aliphatic rings. The lowest BCUT2D eigenvalue weighted by Gasteiger charge is -2.26. The number of rotatable bonds is 8. The first-order chi connectivity index (χ1) is 10.1. The fourth-order valence-electron chi connectivity index (χ4n) is 2.61. The maximum atomic E-state index is 10.4. The molecule has 0 fully saturated rings. The standard InChI is InChI=1S/C18H25NOS/c1-15(2)11-19(12-17-8-9-21-14-17)13-18(20)10-16-6-4-3-5-7-16/h3-9,14-15,18,20H,10-13H2,1-2H3. The molecule has 1 atom stereocenters. The Morgan fingerprint density at radius 2 is 1.81 bits per heavy atom. The summed E-state index contributed by atoms with van der Waals surface area (Å²) < 4.78 is 0. The molecule has 0 aliphatic carbocycles. The van der Waals surface area contributed by atoms with Gasteiger partial charge in [0.25, 0.3) is 0 Å². The van der Waals surface area contributed by atoms with Crippen LogP contribution in [0, 0.1) is 5.92 Å². The van der Waals surface area contributed by atoms with Crippen LogP contribution in [0.4, 0.5) is 0 Å². The van der Waals surface area contributed by atoms with Gasteiger partial charge in [0.15, 0.2) is 0 Å². The van der Waals surface area contributed by atoms with E-state index in [2.05, 4.69) is 47.7 Å². The molecule has 2 rings (SSSR count). The van der Waals surface area contributed by atoms with Gasteiger partial charge in [0, 0.05) is 19.6 Å². The molecule has 1 aromatic carbocycles. The van der Waals surface area contributed by atoms with Gasteiger partial charge in [-0.2, -0.15) is 11.3 Å². The highest BCUT2D eigenvalue weighted by Gasteiger charge is 2.14. The van der Waals surface area contributed by atoms with E-state index in [9.17, 15) is 5.11 Å². The number of hydrogen-bond donors (Lipinski definition) is 1. The summed E-state index contributed by atoms with van der Waals surface area (Å²) in [6.07, 6.45) is 0.406. The van der Waals surface area contributed by atoms with Crippen molar-refractivity contribution in [1.82, 2.24) is 4.90 Å².